The summed E-state index contributed by atoms with van der Waals surface area (Å²) >= 11 is 1.38. The second kappa shape index (κ2) is 6.41. The number of nitrogens with two attached hydrogens (primary N) is 1. The first-order valence-electron chi connectivity index (χ1n) is 7.43. The van der Waals surface area contributed by atoms with Gasteiger partial charge in [0, 0.05) is 17.4 Å². The first kappa shape index (κ1) is 17.3. The van der Waals surface area contributed by atoms with Gasteiger partial charge in [-0.25, -0.2) is 4.79 Å². The highest BCUT2D eigenvalue weighted by atomic mass is 32.2. The highest BCUT2D eigenvalue weighted by Crippen LogP contribution is 2.39. The normalized spacial score (nSPS) is 22.3. The molecule has 25 heavy (non-hydrogen) atoms. The number of hydrogen-bond donors (Lipinski definition) is 3. The van der Waals surface area contributed by atoms with Crippen molar-refractivity contribution >= 4 is 29.4 Å². The number of benzene rings is 1. The number of phenols is 1. The van der Waals surface area contributed by atoms with Crippen molar-refractivity contribution in [3.8, 4) is 11.5 Å². The molecule has 0 aromatic heterocycles. The molecule has 8 nitrogen and oxygen atoms in total. The Bertz CT molecular complexity index is 806. The first-order chi connectivity index (χ1) is 11.8. The Morgan fingerprint density at radius 1 is 1.44 bits per heavy atom. The number of phenolic OH excluding ortho intramolecular Hbond substituents is 1. The van der Waals surface area contributed by atoms with E-state index in [1.54, 1.807) is 0 Å². The number of carbonyl (C=O) groups excluding carboxylic acids is 2. The van der Waals surface area contributed by atoms with E-state index in [1.807, 2.05) is 0 Å². The van der Waals surface area contributed by atoms with Gasteiger partial charge in [-0.1, -0.05) is 0 Å². The summed E-state index contributed by atoms with van der Waals surface area (Å²) in [6, 6.07) is 3.56. The molecule has 1 fully saturated rings. The molecule has 2 aliphatic heterocycles. The Labute approximate surface area is 147 Å². The molecule has 0 spiro atoms. The van der Waals surface area contributed by atoms with Gasteiger partial charge in [0.1, 0.15) is 35.2 Å². The lowest BCUT2D eigenvalue weighted by Crippen LogP contribution is -2.68. The minimum absolute atomic E-state index is 0.0563. The summed E-state index contributed by atoms with van der Waals surface area (Å²) in [6.07, 6.45) is 0. The van der Waals surface area contributed by atoms with E-state index in [0.717, 1.165) is 0 Å². The summed E-state index contributed by atoms with van der Waals surface area (Å²) < 4.78 is 5.54. The number of carbonyl (C=O) groups is 3. The maximum absolute atomic E-state index is 11.9. The van der Waals surface area contributed by atoms with E-state index in [4.69, 9.17) is 10.5 Å². The number of fused-ring (bicyclic) bond motifs is 1. The van der Waals surface area contributed by atoms with Crippen LogP contribution in [-0.2, 0) is 9.59 Å². The summed E-state index contributed by atoms with van der Waals surface area (Å²) in [5.41, 5.74) is 6.22. The number of carboxylic acid groups (broad SMARTS) is 1. The Kier molecular flexibility index (Phi) is 4.44. The number of rotatable bonds is 5. The maximum atomic E-state index is 11.9. The number of aliphatic carboxylic acids is 1. The second-order valence-electron chi connectivity index (χ2n) is 5.72. The number of Topliss-reactive ketones (excluding diaryl/α,β-unsaturated/α-hetero) is 1. The highest BCUT2D eigenvalue weighted by molar-refractivity contribution is 8.00. The lowest BCUT2D eigenvalue weighted by Gasteiger charge is -2.47. The molecule has 4 N–H and O–H groups in total. The number of hydrogen-bond acceptors (Lipinski definition) is 7. The summed E-state index contributed by atoms with van der Waals surface area (Å²) in [6.45, 7) is 1.28. The van der Waals surface area contributed by atoms with Crippen molar-refractivity contribution in [3.05, 3.63) is 35.0 Å². The van der Waals surface area contributed by atoms with Gasteiger partial charge in [-0.3, -0.25) is 14.5 Å². The number of nitrogens with zero attached hydrogens (tertiary/aromatic N) is 1. The number of β-lactam (4-membered cyclic amide) rings is 1. The number of amides is 1. The van der Waals surface area contributed by atoms with Gasteiger partial charge in [0.2, 0.25) is 5.91 Å². The molecule has 132 valence electrons. The number of aromatic hydroxyl groups is 1. The highest BCUT2D eigenvalue weighted by Gasteiger charge is 2.51. The summed E-state index contributed by atoms with van der Waals surface area (Å²) in [5.74, 6) is -1.45. The predicted molar refractivity (Wildman–Crippen MR) is 89.3 cm³/mol. The molecule has 0 radical (unpaired) electrons. The van der Waals surface area contributed by atoms with Crippen molar-refractivity contribution in [1.82, 2.24) is 4.90 Å². The summed E-state index contributed by atoms with van der Waals surface area (Å²) in [7, 11) is 0. The number of carboxylic acids is 1. The first-order valence-corrected chi connectivity index (χ1v) is 8.48. The lowest BCUT2D eigenvalue weighted by atomic mass is 10.0. The van der Waals surface area contributed by atoms with E-state index in [1.165, 1.54) is 41.8 Å². The van der Waals surface area contributed by atoms with Crippen LogP contribution >= 0.6 is 11.8 Å². The zero-order valence-corrected chi connectivity index (χ0v) is 14.1. The minimum Gasteiger partial charge on any atom is -0.507 e. The van der Waals surface area contributed by atoms with Crippen LogP contribution < -0.4 is 10.5 Å². The number of ketones is 1. The SMILES string of the molecule is CC(=O)c1ccc(OCC2=C(C(=O)O)N3C(=O)C(N)[C@H]3SC2)cc1O. The molecular formula is C16H16N2O6S. The molecule has 1 aromatic rings. The molecule has 2 heterocycles. The van der Waals surface area contributed by atoms with Crippen molar-refractivity contribution in [2.45, 2.75) is 18.3 Å². The Morgan fingerprint density at radius 3 is 2.76 bits per heavy atom. The molecule has 2 aliphatic rings. The fourth-order valence-corrected chi connectivity index (χ4v) is 4.03. The van der Waals surface area contributed by atoms with Gasteiger partial charge in [0.15, 0.2) is 5.78 Å². The van der Waals surface area contributed by atoms with Gasteiger partial charge in [0.25, 0.3) is 0 Å². The van der Waals surface area contributed by atoms with Crippen LogP contribution in [0.5, 0.6) is 11.5 Å². The zero-order valence-electron chi connectivity index (χ0n) is 13.3. The van der Waals surface area contributed by atoms with Crippen molar-refractivity contribution in [2.24, 2.45) is 5.73 Å². The molecule has 1 unspecified atom stereocenters. The van der Waals surface area contributed by atoms with Crippen LogP contribution in [0.25, 0.3) is 0 Å². The molecule has 1 aromatic carbocycles. The van der Waals surface area contributed by atoms with Crippen LogP contribution in [0.2, 0.25) is 0 Å². The lowest BCUT2D eigenvalue weighted by molar-refractivity contribution is -0.148. The van der Waals surface area contributed by atoms with E-state index < -0.39 is 17.9 Å². The summed E-state index contributed by atoms with van der Waals surface area (Å²) in [4.78, 5) is 35.9. The number of ether oxygens (including phenoxy) is 1. The second-order valence-corrected chi connectivity index (χ2v) is 6.82. The molecule has 9 heteroatoms. The third-order valence-electron chi connectivity index (χ3n) is 4.05. The van der Waals surface area contributed by atoms with Crippen molar-refractivity contribution < 1.29 is 29.3 Å². The van der Waals surface area contributed by atoms with E-state index in [-0.39, 0.29) is 34.8 Å². The predicted octanol–water partition coefficient (Wildman–Crippen LogP) is 0.555. The van der Waals surface area contributed by atoms with Crippen LogP contribution in [0.1, 0.15) is 17.3 Å². The van der Waals surface area contributed by atoms with E-state index in [2.05, 4.69) is 0 Å². The maximum Gasteiger partial charge on any atom is 0.352 e. The minimum atomic E-state index is -1.21. The van der Waals surface area contributed by atoms with Crippen LogP contribution in [0.15, 0.2) is 29.5 Å². The van der Waals surface area contributed by atoms with E-state index in [0.29, 0.717) is 17.1 Å². The zero-order chi connectivity index (χ0) is 18.3. The molecule has 1 amide bonds. The van der Waals surface area contributed by atoms with Crippen molar-refractivity contribution in [2.75, 3.05) is 12.4 Å². The average Bonchev–Trinajstić information content (AvgIpc) is 2.57. The topological polar surface area (TPSA) is 130 Å². The molecule has 2 atom stereocenters. The van der Waals surface area contributed by atoms with E-state index in [9.17, 15) is 24.6 Å². The smallest absolute Gasteiger partial charge is 0.352 e. The molecule has 0 saturated carbocycles. The molecule has 1 saturated heterocycles. The molecular weight excluding hydrogens is 348 g/mol. The van der Waals surface area contributed by atoms with Crippen LogP contribution in [-0.4, -0.2) is 56.5 Å². The Morgan fingerprint density at radius 2 is 2.16 bits per heavy atom. The third-order valence-corrected chi connectivity index (χ3v) is 5.41. The van der Waals surface area contributed by atoms with Crippen molar-refractivity contribution in [3.63, 3.8) is 0 Å². The third kappa shape index (κ3) is 2.96. The molecule has 3 rings (SSSR count). The van der Waals surface area contributed by atoms with Crippen LogP contribution in [0, 0.1) is 0 Å². The Hall–Kier alpha value is -2.52. The standard InChI is InChI=1S/C16H16N2O6S/c1-7(19)10-3-2-9(4-11(10)20)24-5-8-6-25-15-12(17)14(21)18(15)13(8)16(22)23/h2-4,12,15,20H,5-6,17H2,1H3,(H,22,23)/t12?,15-/m1/s1. The largest absolute Gasteiger partial charge is 0.507 e. The van der Waals surface area contributed by atoms with Crippen LogP contribution in [0.3, 0.4) is 0 Å². The monoisotopic (exact) mass is 364 g/mol. The van der Waals surface area contributed by atoms with Gasteiger partial charge in [0.05, 0.1) is 5.56 Å². The van der Waals surface area contributed by atoms with Gasteiger partial charge in [-0.15, -0.1) is 11.8 Å². The molecule has 0 aliphatic carbocycles. The summed E-state index contributed by atoms with van der Waals surface area (Å²) in [5, 5.41) is 18.9. The average molecular weight is 364 g/mol. The Balaban J connectivity index is 1.79. The fraction of sp³-hybridized carbons (Fsp3) is 0.312. The van der Waals surface area contributed by atoms with E-state index >= 15 is 0 Å². The quantitative estimate of drug-likeness (QED) is 0.510. The van der Waals surface area contributed by atoms with Gasteiger partial charge in [-0.05, 0) is 19.1 Å². The number of thioether (sulfide) groups is 1. The van der Waals surface area contributed by atoms with Gasteiger partial charge >= 0.3 is 5.97 Å². The van der Waals surface area contributed by atoms with Crippen molar-refractivity contribution in [1.29, 1.82) is 0 Å². The van der Waals surface area contributed by atoms with Crippen LogP contribution in [0.4, 0.5) is 0 Å². The fourth-order valence-electron chi connectivity index (χ4n) is 2.76. The van der Waals surface area contributed by atoms with Gasteiger partial charge in [-0.2, -0.15) is 0 Å². The van der Waals surface area contributed by atoms with Gasteiger partial charge < -0.3 is 20.7 Å². The molecule has 0 bridgehead atoms.